The lowest BCUT2D eigenvalue weighted by molar-refractivity contribution is 0.107. The standard InChI is InChI=1S/C11H15Cl2NO/c1-2-9(14)7-15-6-8-3-4-10(12)11(13)5-8/h3-5,9H,2,6-7,14H2,1H3/t9-/m1/s1. The lowest BCUT2D eigenvalue weighted by Gasteiger charge is -2.09. The summed E-state index contributed by atoms with van der Waals surface area (Å²) in [4.78, 5) is 0. The summed E-state index contributed by atoms with van der Waals surface area (Å²) < 4.78 is 5.44. The van der Waals surface area contributed by atoms with Crippen molar-refractivity contribution >= 4 is 23.2 Å². The molecule has 0 aliphatic carbocycles. The highest BCUT2D eigenvalue weighted by Gasteiger charge is 2.01. The molecule has 0 bridgehead atoms. The fourth-order valence-electron chi connectivity index (χ4n) is 1.08. The predicted octanol–water partition coefficient (Wildman–Crippen LogP) is 3.25. The van der Waals surface area contributed by atoms with E-state index in [1.165, 1.54) is 0 Å². The van der Waals surface area contributed by atoms with Crippen molar-refractivity contribution in [3.8, 4) is 0 Å². The van der Waals surface area contributed by atoms with E-state index < -0.39 is 0 Å². The minimum Gasteiger partial charge on any atom is -0.375 e. The van der Waals surface area contributed by atoms with Crippen LogP contribution in [0.15, 0.2) is 18.2 Å². The van der Waals surface area contributed by atoms with Crippen LogP contribution in [0, 0.1) is 0 Å². The maximum Gasteiger partial charge on any atom is 0.0718 e. The van der Waals surface area contributed by atoms with E-state index in [-0.39, 0.29) is 6.04 Å². The van der Waals surface area contributed by atoms with E-state index in [2.05, 4.69) is 0 Å². The van der Waals surface area contributed by atoms with Crippen LogP contribution >= 0.6 is 23.2 Å². The third-order valence-electron chi connectivity index (χ3n) is 2.11. The van der Waals surface area contributed by atoms with Crippen LogP contribution in [0.1, 0.15) is 18.9 Å². The summed E-state index contributed by atoms with van der Waals surface area (Å²) in [6.45, 7) is 3.12. The molecule has 0 saturated heterocycles. The van der Waals surface area contributed by atoms with Crippen LogP contribution in [0.5, 0.6) is 0 Å². The second-order valence-corrected chi connectivity index (χ2v) is 4.25. The number of halogens is 2. The fraction of sp³-hybridized carbons (Fsp3) is 0.455. The quantitative estimate of drug-likeness (QED) is 0.868. The first-order valence-electron chi connectivity index (χ1n) is 4.90. The van der Waals surface area contributed by atoms with Crippen molar-refractivity contribution < 1.29 is 4.74 Å². The van der Waals surface area contributed by atoms with E-state index in [9.17, 15) is 0 Å². The molecular formula is C11H15Cl2NO. The molecule has 0 aromatic heterocycles. The molecule has 1 atom stereocenters. The van der Waals surface area contributed by atoms with E-state index in [0.717, 1.165) is 12.0 Å². The third-order valence-corrected chi connectivity index (χ3v) is 2.85. The Balaban J connectivity index is 2.41. The molecule has 15 heavy (non-hydrogen) atoms. The Bertz CT molecular complexity index is 317. The molecule has 2 N–H and O–H groups in total. The molecule has 1 aromatic carbocycles. The van der Waals surface area contributed by atoms with Gasteiger partial charge in [0.1, 0.15) is 0 Å². The smallest absolute Gasteiger partial charge is 0.0718 e. The van der Waals surface area contributed by atoms with E-state index in [4.69, 9.17) is 33.7 Å². The molecule has 0 amide bonds. The van der Waals surface area contributed by atoms with E-state index in [1.807, 2.05) is 13.0 Å². The highest BCUT2D eigenvalue weighted by Crippen LogP contribution is 2.22. The molecule has 84 valence electrons. The Kier molecular flexibility index (Phi) is 5.40. The van der Waals surface area contributed by atoms with Crippen molar-refractivity contribution in [1.82, 2.24) is 0 Å². The first kappa shape index (κ1) is 12.8. The maximum absolute atomic E-state index is 5.87. The van der Waals surface area contributed by atoms with Crippen LogP contribution in [0.25, 0.3) is 0 Å². The Morgan fingerprint density at radius 3 is 2.67 bits per heavy atom. The van der Waals surface area contributed by atoms with Gasteiger partial charge < -0.3 is 10.5 Å². The van der Waals surface area contributed by atoms with E-state index in [0.29, 0.717) is 23.3 Å². The molecule has 1 rings (SSSR count). The van der Waals surface area contributed by atoms with Crippen LogP contribution in [0.4, 0.5) is 0 Å². The molecule has 0 spiro atoms. The Morgan fingerprint density at radius 1 is 1.33 bits per heavy atom. The van der Waals surface area contributed by atoms with E-state index >= 15 is 0 Å². The van der Waals surface area contributed by atoms with Gasteiger partial charge in [-0.25, -0.2) is 0 Å². The highest BCUT2D eigenvalue weighted by atomic mass is 35.5. The van der Waals surface area contributed by atoms with Crippen molar-refractivity contribution in [2.75, 3.05) is 6.61 Å². The fourth-order valence-corrected chi connectivity index (χ4v) is 1.40. The summed E-state index contributed by atoms with van der Waals surface area (Å²) in [6, 6.07) is 5.57. The zero-order chi connectivity index (χ0) is 11.3. The largest absolute Gasteiger partial charge is 0.375 e. The lowest BCUT2D eigenvalue weighted by Crippen LogP contribution is -2.24. The predicted molar refractivity (Wildman–Crippen MR) is 64.4 cm³/mol. The van der Waals surface area contributed by atoms with Gasteiger partial charge in [0.2, 0.25) is 0 Å². The second kappa shape index (κ2) is 6.33. The number of hydrogen-bond donors (Lipinski definition) is 1. The van der Waals surface area contributed by atoms with Gasteiger partial charge in [-0.3, -0.25) is 0 Å². The van der Waals surface area contributed by atoms with Crippen molar-refractivity contribution in [3.63, 3.8) is 0 Å². The van der Waals surface area contributed by atoms with Crippen LogP contribution < -0.4 is 5.73 Å². The van der Waals surface area contributed by atoms with Gasteiger partial charge in [-0.2, -0.15) is 0 Å². The molecule has 4 heteroatoms. The molecule has 0 heterocycles. The Labute approximate surface area is 100 Å². The van der Waals surface area contributed by atoms with Gasteiger partial charge in [-0.05, 0) is 24.1 Å². The summed E-state index contributed by atoms with van der Waals surface area (Å²) in [7, 11) is 0. The average Bonchev–Trinajstić information content (AvgIpc) is 2.23. The van der Waals surface area contributed by atoms with Gasteiger partial charge in [0.05, 0.1) is 23.3 Å². The molecule has 0 aliphatic rings. The first-order valence-corrected chi connectivity index (χ1v) is 5.66. The van der Waals surface area contributed by atoms with Gasteiger partial charge >= 0.3 is 0 Å². The number of benzene rings is 1. The minimum absolute atomic E-state index is 0.104. The number of rotatable bonds is 5. The van der Waals surface area contributed by atoms with Crippen molar-refractivity contribution in [1.29, 1.82) is 0 Å². The van der Waals surface area contributed by atoms with Gasteiger partial charge in [-0.1, -0.05) is 36.2 Å². The summed E-state index contributed by atoms with van der Waals surface area (Å²) >= 11 is 11.7. The molecule has 0 fully saturated rings. The third kappa shape index (κ3) is 4.39. The molecule has 1 aromatic rings. The zero-order valence-corrected chi connectivity index (χ0v) is 10.2. The Morgan fingerprint density at radius 2 is 2.07 bits per heavy atom. The molecule has 0 radical (unpaired) electrons. The summed E-state index contributed by atoms with van der Waals surface area (Å²) in [6.07, 6.45) is 0.918. The van der Waals surface area contributed by atoms with Crippen molar-refractivity contribution in [2.24, 2.45) is 5.73 Å². The van der Waals surface area contributed by atoms with Crippen molar-refractivity contribution in [2.45, 2.75) is 26.0 Å². The summed E-state index contributed by atoms with van der Waals surface area (Å²) in [5.74, 6) is 0. The normalized spacial score (nSPS) is 12.8. The van der Waals surface area contributed by atoms with Gasteiger partial charge in [-0.15, -0.1) is 0 Å². The molecular weight excluding hydrogens is 233 g/mol. The summed E-state index contributed by atoms with van der Waals surface area (Å²) in [5.41, 5.74) is 6.73. The second-order valence-electron chi connectivity index (χ2n) is 3.43. The minimum atomic E-state index is 0.104. The number of nitrogens with two attached hydrogens (primary N) is 1. The Hall–Kier alpha value is -0.280. The van der Waals surface area contributed by atoms with Gasteiger partial charge in [0, 0.05) is 6.04 Å². The van der Waals surface area contributed by atoms with E-state index in [1.54, 1.807) is 12.1 Å². The molecule has 0 unspecified atom stereocenters. The summed E-state index contributed by atoms with van der Waals surface area (Å²) in [5, 5.41) is 1.11. The average molecular weight is 248 g/mol. The monoisotopic (exact) mass is 247 g/mol. The number of hydrogen-bond acceptors (Lipinski definition) is 2. The lowest BCUT2D eigenvalue weighted by atomic mass is 10.2. The number of ether oxygens (including phenoxy) is 1. The van der Waals surface area contributed by atoms with Crippen molar-refractivity contribution in [3.05, 3.63) is 33.8 Å². The van der Waals surface area contributed by atoms with Gasteiger partial charge in [0.25, 0.3) is 0 Å². The SMILES string of the molecule is CC[C@@H](N)COCc1ccc(Cl)c(Cl)c1. The van der Waals surface area contributed by atoms with Crippen LogP contribution in [0.3, 0.4) is 0 Å². The zero-order valence-electron chi connectivity index (χ0n) is 8.67. The first-order chi connectivity index (χ1) is 7.13. The van der Waals surface area contributed by atoms with Gasteiger partial charge in [0.15, 0.2) is 0 Å². The molecule has 0 saturated carbocycles. The topological polar surface area (TPSA) is 35.2 Å². The van der Waals surface area contributed by atoms with Crippen LogP contribution in [-0.2, 0) is 11.3 Å². The van der Waals surface area contributed by atoms with Crippen LogP contribution in [-0.4, -0.2) is 12.6 Å². The van der Waals surface area contributed by atoms with Crippen LogP contribution in [0.2, 0.25) is 10.0 Å². The molecule has 2 nitrogen and oxygen atoms in total. The highest BCUT2D eigenvalue weighted by molar-refractivity contribution is 6.41. The molecule has 0 aliphatic heterocycles. The maximum atomic E-state index is 5.87.